The van der Waals surface area contributed by atoms with E-state index in [2.05, 4.69) is 26.5 Å². The zero-order chi connectivity index (χ0) is 16.1. The highest BCUT2D eigenvalue weighted by Crippen LogP contribution is 2.36. The lowest BCUT2D eigenvalue weighted by molar-refractivity contribution is -0.118. The smallest absolute Gasteiger partial charge is 0.250 e. The van der Waals surface area contributed by atoms with Gasteiger partial charge in [0.1, 0.15) is 0 Å². The fourth-order valence-corrected chi connectivity index (χ4v) is 3.04. The van der Waals surface area contributed by atoms with E-state index >= 15 is 0 Å². The van der Waals surface area contributed by atoms with Crippen LogP contribution in [0, 0.1) is 0 Å². The Morgan fingerprint density at radius 2 is 2.00 bits per heavy atom. The average molecular weight is 393 g/mol. The maximum atomic E-state index is 11.8. The minimum absolute atomic E-state index is 0.160. The lowest BCUT2D eigenvalue weighted by Gasteiger charge is -2.02. The molecule has 2 aromatic rings. The summed E-state index contributed by atoms with van der Waals surface area (Å²) in [7, 11) is 0. The Labute approximate surface area is 146 Å². The van der Waals surface area contributed by atoms with Crippen LogP contribution in [0.2, 0.25) is 0 Å². The number of hydrogen-bond donors (Lipinski definition) is 1. The Morgan fingerprint density at radius 3 is 2.78 bits per heavy atom. The second-order valence-electron chi connectivity index (χ2n) is 4.62. The van der Waals surface area contributed by atoms with Crippen molar-refractivity contribution in [1.29, 1.82) is 0 Å². The number of halogens is 1. The summed E-state index contributed by atoms with van der Waals surface area (Å²) < 4.78 is 11.4. The van der Waals surface area contributed by atoms with Crippen molar-refractivity contribution in [3.8, 4) is 11.5 Å². The fraction of sp³-hybridized carbons (Fsp3) is 0.125. The molecule has 0 aliphatic carbocycles. The summed E-state index contributed by atoms with van der Waals surface area (Å²) >= 11 is 4.90. The van der Waals surface area contributed by atoms with E-state index in [9.17, 15) is 4.79 Å². The standard InChI is InChI=1S/C16H13BrN2O3S/c17-13-7-15-14(21-10-22-15)6-11(13)8-18-19-16(20)9-23-12-4-2-1-3-5-12/h1-8H,9-10H2,(H,19,20). The molecule has 0 fully saturated rings. The topological polar surface area (TPSA) is 59.9 Å². The Hall–Kier alpha value is -1.99. The Morgan fingerprint density at radius 1 is 1.26 bits per heavy atom. The van der Waals surface area contributed by atoms with E-state index in [4.69, 9.17) is 9.47 Å². The number of thioether (sulfide) groups is 1. The Balaban J connectivity index is 1.53. The molecule has 0 radical (unpaired) electrons. The number of carbonyl (C=O) groups excluding carboxylic acids is 1. The van der Waals surface area contributed by atoms with Crippen LogP contribution in [-0.2, 0) is 4.79 Å². The third-order valence-electron chi connectivity index (χ3n) is 3.00. The van der Waals surface area contributed by atoms with E-state index in [-0.39, 0.29) is 12.7 Å². The van der Waals surface area contributed by atoms with Crippen LogP contribution in [0.15, 0.2) is 56.9 Å². The van der Waals surface area contributed by atoms with Gasteiger partial charge in [0.15, 0.2) is 11.5 Å². The van der Waals surface area contributed by atoms with Crippen LogP contribution >= 0.6 is 27.7 Å². The van der Waals surface area contributed by atoms with Crippen LogP contribution in [0.4, 0.5) is 0 Å². The highest BCUT2D eigenvalue weighted by molar-refractivity contribution is 9.10. The molecule has 2 aromatic carbocycles. The van der Waals surface area contributed by atoms with Gasteiger partial charge in [-0.2, -0.15) is 5.10 Å². The minimum Gasteiger partial charge on any atom is -0.454 e. The SMILES string of the molecule is O=C(CSc1ccccc1)NN=Cc1cc2c(cc1Br)OCO2. The monoisotopic (exact) mass is 392 g/mol. The van der Waals surface area contributed by atoms with Crippen molar-refractivity contribution in [2.75, 3.05) is 12.5 Å². The van der Waals surface area contributed by atoms with Gasteiger partial charge in [-0.3, -0.25) is 4.79 Å². The molecular formula is C16H13BrN2O3S. The molecule has 7 heteroatoms. The molecule has 1 aliphatic rings. The van der Waals surface area contributed by atoms with E-state index in [0.29, 0.717) is 17.3 Å². The van der Waals surface area contributed by atoms with E-state index < -0.39 is 0 Å². The molecule has 1 amide bonds. The van der Waals surface area contributed by atoms with Crippen molar-refractivity contribution < 1.29 is 14.3 Å². The number of nitrogens with one attached hydrogen (secondary N) is 1. The molecule has 0 saturated carbocycles. The molecule has 23 heavy (non-hydrogen) atoms. The normalized spacial score (nSPS) is 12.6. The van der Waals surface area contributed by atoms with Crippen LogP contribution < -0.4 is 14.9 Å². The predicted molar refractivity (Wildman–Crippen MR) is 93.2 cm³/mol. The summed E-state index contributed by atoms with van der Waals surface area (Å²) in [4.78, 5) is 12.8. The molecular weight excluding hydrogens is 380 g/mol. The maximum absolute atomic E-state index is 11.8. The molecule has 1 heterocycles. The molecule has 1 N–H and O–H groups in total. The number of ether oxygens (including phenoxy) is 2. The first-order valence-electron chi connectivity index (χ1n) is 6.81. The van der Waals surface area contributed by atoms with Crippen LogP contribution in [0.3, 0.4) is 0 Å². The number of amides is 1. The molecule has 0 unspecified atom stereocenters. The van der Waals surface area contributed by atoms with Crippen molar-refractivity contribution >= 4 is 39.8 Å². The summed E-state index contributed by atoms with van der Waals surface area (Å²) in [5.41, 5.74) is 3.31. The lowest BCUT2D eigenvalue weighted by atomic mass is 10.2. The number of hydrogen-bond acceptors (Lipinski definition) is 5. The van der Waals surface area contributed by atoms with Crippen LogP contribution in [0.1, 0.15) is 5.56 Å². The predicted octanol–water partition coefficient (Wildman–Crippen LogP) is 3.42. The zero-order valence-corrected chi connectivity index (χ0v) is 14.4. The van der Waals surface area contributed by atoms with Gasteiger partial charge in [0.05, 0.1) is 12.0 Å². The quantitative estimate of drug-likeness (QED) is 0.481. The van der Waals surface area contributed by atoms with Gasteiger partial charge in [-0.15, -0.1) is 11.8 Å². The van der Waals surface area contributed by atoms with Gasteiger partial charge in [-0.1, -0.05) is 18.2 Å². The third-order valence-corrected chi connectivity index (χ3v) is 4.70. The number of carbonyl (C=O) groups is 1. The molecule has 5 nitrogen and oxygen atoms in total. The minimum atomic E-state index is -0.160. The number of hydrazone groups is 1. The largest absolute Gasteiger partial charge is 0.454 e. The van der Waals surface area contributed by atoms with Crippen LogP contribution in [0.25, 0.3) is 0 Å². The molecule has 0 saturated heterocycles. The van der Waals surface area contributed by atoms with Gasteiger partial charge in [-0.25, -0.2) is 5.43 Å². The lowest BCUT2D eigenvalue weighted by Crippen LogP contribution is -2.19. The summed E-state index contributed by atoms with van der Waals surface area (Å²) in [5, 5.41) is 3.98. The third kappa shape index (κ3) is 4.27. The summed E-state index contributed by atoms with van der Waals surface area (Å²) in [6.45, 7) is 0.218. The van der Waals surface area contributed by atoms with E-state index in [0.717, 1.165) is 14.9 Å². The number of rotatable bonds is 5. The summed E-state index contributed by atoms with van der Waals surface area (Å²) in [5.74, 6) is 1.51. The van der Waals surface area contributed by atoms with E-state index in [1.165, 1.54) is 11.8 Å². The first-order valence-corrected chi connectivity index (χ1v) is 8.59. The molecule has 118 valence electrons. The summed E-state index contributed by atoms with van der Waals surface area (Å²) in [6, 6.07) is 13.4. The maximum Gasteiger partial charge on any atom is 0.250 e. The highest BCUT2D eigenvalue weighted by atomic mass is 79.9. The van der Waals surface area contributed by atoms with Crippen molar-refractivity contribution in [1.82, 2.24) is 5.43 Å². The second-order valence-corrected chi connectivity index (χ2v) is 6.52. The van der Waals surface area contributed by atoms with Crippen molar-refractivity contribution in [3.05, 3.63) is 52.5 Å². The number of fused-ring (bicyclic) bond motifs is 1. The Kier molecular flexibility index (Phi) is 5.19. The molecule has 0 atom stereocenters. The van der Waals surface area contributed by atoms with E-state index in [1.807, 2.05) is 36.4 Å². The van der Waals surface area contributed by atoms with Gasteiger partial charge in [0.25, 0.3) is 0 Å². The van der Waals surface area contributed by atoms with Crippen LogP contribution in [0.5, 0.6) is 11.5 Å². The van der Waals surface area contributed by atoms with Gasteiger partial charge >= 0.3 is 0 Å². The second kappa shape index (κ2) is 7.52. The Bertz CT molecular complexity index is 738. The van der Waals surface area contributed by atoms with Crippen molar-refractivity contribution in [2.24, 2.45) is 5.10 Å². The van der Waals surface area contributed by atoms with Crippen LogP contribution in [-0.4, -0.2) is 24.7 Å². The first-order chi connectivity index (χ1) is 11.2. The fourth-order valence-electron chi connectivity index (χ4n) is 1.90. The highest BCUT2D eigenvalue weighted by Gasteiger charge is 2.15. The van der Waals surface area contributed by atoms with Crippen molar-refractivity contribution in [2.45, 2.75) is 4.90 Å². The first kappa shape index (κ1) is 15.9. The zero-order valence-electron chi connectivity index (χ0n) is 12.0. The number of benzene rings is 2. The molecule has 0 aromatic heterocycles. The van der Waals surface area contributed by atoms with Gasteiger partial charge in [-0.05, 0) is 40.2 Å². The summed E-state index contributed by atoms with van der Waals surface area (Å²) in [6.07, 6.45) is 1.57. The van der Waals surface area contributed by atoms with Gasteiger partial charge in [0, 0.05) is 14.9 Å². The number of nitrogens with zero attached hydrogens (tertiary/aromatic N) is 1. The average Bonchev–Trinajstić information content (AvgIpc) is 3.01. The molecule has 3 rings (SSSR count). The van der Waals surface area contributed by atoms with E-state index in [1.54, 1.807) is 12.3 Å². The van der Waals surface area contributed by atoms with Gasteiger partial charge < -0.3 is 9.47 Å². The molecule has 0 bridgehead atoms. The van der Waals surface area contributed by atoms with Crippen molar-refractivity contribution in [3.63, 3.8) is 0 Å². The molecule has 1 aliphatic heterocycles. The molecule has 0 spiro atoms. The van der Waals surface area contributed by atoms with Gasteiger partial charge in [0.2, 0.25) is 12.7 Å².